The number of rotatable bonds is 8. The van der Waals surface area contributed by atoms with E-state index in [1.807, 2.05) is 6.92 Å². The van der Waals surface area contributed by atoms with Crippen molar-refractivity contribution >= 4 is 11.9 Å². The number of hydrogen-bond acceptors (Lipinski definition) is 3. The first-order valence-electron chi connectivity index (χ1n) is 6.13. The van der Waals surface area contributed by atoms with Gasteiger partial charge in [-0.2, -0.15) is 0 Å². The Morgan fingerprint density at radius 3 is 2.94 bits per heavy atom. The van der Waals surface area contributed by atoms with Crippen molar-refractivity contribution in [2.24, 2.45) is 10.7 Å². The minimum Gasteiger partial charge on any atom is -0.382 e. The SMILES string of the molecule is CCOCCCNC(N)=NCC(=O)NC1CC1. The summed E-state index contributed by atoms with van der Waals surface area (Å²) in [6.07, 6.45) is 3.04. The average Bonchev–Trinajstić information content (AvgIpc) is 3.10. The van der Waals surface area contributed by atoms with E-state index in [4.69, 9.17) is 10.5 Å². The van der Waals surface area contributed by atoms with E-state index in [9.17, 15) is 4.79 Å². The monoisotopic (exact) mass is 242 g/mol. The fourth-order valence-corrected chi connectivity index (χ4v) is 1.25. The van der Waals surface area contributed by atoms with E-state index < -0.39 is 0 Å². The Morgan fingerprint density at radius 2 is 2.29 bits per heavy atom. The number of nitrogens with zero attached hydrogens (tertiary/aromatic N) is 1. The Bertz CT molecular complexity index is 264. The molecule has 6 heteroatoms. The lowest BCUT2D eigenvalue weighted by Gasteiger charge is -2.05. The summed E-state index contributed by atoms with van der Waals surface area (Å²) in [7, 11) is 0. The summed E-state index contributed by atoms with van der Waals surface area (Å²) >= 11 is 0. The number of ether oxygens (including phenoxy) is 1. The molecule has 17 heavy (non-hydrogen) atoms. The number of aliphatic imine (C=N–C) groups is 1. The lowest BCUT2D eigenvalue weighted by Crippen LogP contribution is -2.35. The summed E-state index contributed by atoms with van der Waals surface area (Å²) in [5.74, 6) is 0.249. The number of guanidine groups is 1. The number of nitrogens with one attached hydrogen (secondary N) is 2. The van der Waals surface area contributed by atoms with Crippen LogP contribution in [-0.2, 0) is 9.53 Å². The molecule has 1 fully saturated rings. The number of carbonyl (C=O) groups is 1. The Labute approximate surface area is 102 Å². The Hall–Kier alpha value is -1.30. The van der Waals surface area contributed by atoms with Gasteiger partial charge < -0.3 is 21.1 Å². The molecule has 0 aromatic heterocycles. The van der Waals surface area contributed by atoms with Gasteiger partial charge in [0.25, 0.3) is 0 Å². The third kappa shape index (κ3) is 7.57. The third-order valence-electron chi connectivity index (χ3n) is 2.31. The Morgan fingerprint density at radius 1 is 1.53 bits per heavy atom. The summed E-state index contributed by atoms with van der Waals surface area (Å²) in [6, 6.07) is 0.373. The van der Waals surface area contributed by atoms with Crippen molar-refractivity contribution in [3.05, 3.63) is 0 Å². The van der Waals surface area contributed by atoms with E-state index in [1.54, 1.807) is 0 Å². The summed E-state index contributed by atoms with van der Waals surface area (Å²) in [5, 5.41) is 5.78. The van der Waals surface area contributed by atoms with E-state index in [1.165, 1.54) is 0 Å². The summed E-state index contributed by atoms with van der Waals surface area (Å²) < 4.78 is 5.18. The van der Waals surface area contributed by atoms with Crippen LogP contribution in [0, 0.1) is 0 Å². The lowest BCUT2D eigenvalue weighted by molar-refractivity contribution is -0.119. The number of amides is 1. The van der Waals surface area contributed by atoms with Gasteiger partial charge in [0, 0.05) is 25.8 Å². The molecule has 1 saturated carbocycles. The molecule has 98 valence electrons. The molecule has 4 N–H and O–H groups in total. The zero-order valence-corrected chi connectivity index (χ0v) is 10.4. The number of hydrogen-bond donors (Lipinski definition) is 3. The molecule has 6 nitrogen and oxygen atoms in total. The van der Waals surface area contributed by atoms with Crippen molar-refractivity contribution in [1.29, 1.82) is 0 Å². The van der Waals surface area contributed by atoms with E-state index in [0.29, 0.717) is 25.2 Å². The minimum atomic E-state index is -0.0634. The molecule has 0 saturated heterocycles. The molecule has 0 radical (unpaired) electrons. The van der Waals surface area contributed by atoms with Gasteiger partial charge in [-0.1, -0.05) is 0 Å². The van der Waals surface area contributed by atoms with E-state index in [-0.39, 0.29) is 12.5 Å². The lowest BCUT2D eigenvalue weighted by atomic mass is 10.4. The molecule has 1 rings (SSSR count). The van der Waals surface area contributed by atoms with Gasteiger partial charge >= 0.3 is 0 Å². The summed E-state index contributed by atoms with van der Waals surface area (Å²) in [6.45, 7) is 4.20. The number of nitrogens with two attached hydrogens (primary N) is 1. The minimum absolute atomic E-state index is 0.0634. The molecule has 0 unspecified atom stereocenters. The molecular weight excluding hydrogens is 220 g/mol. The molecular formula is C11H22N4O2. The second-order valence-electron chi connectivity index (χ2n) is 4.02. The van der Waals surface area contributed by atoms with Crippen LogP contribution in [0.15, 0.2) is 4.99 Å². The van der Waals surface area contributed by atoms with Crippen LogP contribution in [0.5, 0.6) is 0 Å². The Kier molecular flexibility index (Phi) is 6.39. The van der Waals surface area contributed by atoms with E-state index in [0.717, 1.165) is 25.9 Å². The van der Waals surface area contributed by atoms with Crippen LogP contribution < -0.4 is 16.4 Å². The van der Waals surface area contributed by atoms with Crippen LogP contribution in [0.25, 0.3) is 0 Å². The normalized spacial score (nSPS) is 15.7. The van der Waals surface area contributed by atoms with Crippen molar-refractivity contribution in [2.45, 2.75) is 32.2 Å². The molecule has 0 aromatic carbocycles. The highest BCUT2D eigenvalue weighted by Crippen LogP contribution is 2.18. The first-order valence-corrected chi connectivity index (χ1v) is 6.13. The Balaban J connectivity index is 2.00. The fourth-order valence-electron chi connectivity index (χ4n) is 1.25. The molecule has 0 heterocycles. The summed E-state index contributed by atoms with van der Waals surface area (Å²) in [5.41, 5.74) is 5.60. The zero-order chi connectivity index (χ0) is 12.5. The van der Waals surface area contributed by atoms with Crippen LogP contribution in [0.2, 0.25) is 0 Å². The smallest absolute Gasteiger partial charge is 0.242 e. The molecule has 0 bridgehead atoms. The van der Waals surface area contributed by atoms with Crippen LogP contribution in [0.4, 0.5) is 0 Å². The van der Waals surface area contributed by atoms with Gasteiger partial charge in [0.1, 0.15) is 6.54 Å². The fraction of sp³-hybridized carbons (Fsp3) is 0.818. The predicted molar refractivity (Wildman–Crippen MR) is 66.8 cm³/mol. The van der Waals surface area contributed by atoms with Crippen molar-refractivity contribution in [2.75, 3.05) is 26.3 Å². The van der Waals surface area contributed by atoms with Gasteiger partial charge in [-0.3, -0.25) is 4.79 Å². The first kappa shape index (κ1) is 13.8. The molecule has 0 aliphatic heterocycles. The van der Waals surface area contributed by atoms with Gasteiger partial charge in [0.15, 0.2) is 5.96 Å². The molecule has 1 aliphatic rings. The highest BCUT2D eigenvalue weighted by atomic mass is 16.5. The van der Waals surface area contributed by atoms with Crippen molar-refractivity contribution in [3.63, 3.8) is 0 Å². The van der Waals surface area contributed by atoms with Crippen molar-refractivity contribution in [3.8, 4) is 0 Å². The maximum atomic E-state index is 11.3. The predicted octanol–water partition coefficient (Wildman–Crippen LogP) is -0.404. The summed E-state index contributed by atoms with van der Waals surface area (Å²) in [4.78, 5) is 15.2. The van der Waals surface area contributed by atoms with Gasteiger partial charge in [0.2, 0.25) is 5.91 Å². The van der Waals surface area contributed by atoms with Crippen LogP contribution in [0.1, 0.15) is 26.2 Å². The number of carbonyl (C=O) groups excluding carboxylic acids is 1. The van der Waals surface area contributed by atoms with Gasteiger partial charge in [-0.25, -0.2) is 4.99 Å². The average molecular weight is 242 g/mol. The quantitative estimate of drug-likeness (QED) is 0.307. The molecule has 0 spiro atoms. The van der Waals surface area contributed by atoms with Crippen LogP contribution >= 0.6 is 0 Å². The highest BCUT2D eigenvalue weighted by molar-refractivity contribution is 5.84. The van der Waals surface area contributed by atoms with E-state index >= 15 is 0 Å². The highest BCUT2D eigenvalue weighted by Gasteiger charge is 2.22. The standard InChI is InChI=1S/C11H22N4O2/c1-2-17-7-3-6-13-11(12)14-8-10(16)15-9-4-5-9/h9H,2-8H2,1H3,(H,15,16)(H3,12,13,14). The van der Waals surface area contributed by atoms with Crippen LogP contribution in [0.3, 0.4) is 0 Å². The van der Waals surface area contributed by atoms with Gasteiger partial charge in [0.05, 0.1) is 0 Å². The molecule has 1 amide bonds. The first-order chi connectivity index (χ1) is 8.22. The second-order valence-corrected chi connectivity index (χ2v) is 4.02. The zero-order valence-electron chi connectivity index (χ0n) is 10.4. The largest absolute Gasteiger partial charge is 0.382 e. The maximum Gasteiger partial charge on any atom is 0.242 e. The molecule has 0 aromatic rings. The van der Waals surface area contributed by atoms with Crippen LogP contribution in [-0.4, -0.2) is 44.2 Å². The molecule has 0 atom stereocenters. The van der Waals surface area contributed by atoms with Crippen molar-refractivity contribution in [1.82, 2.24) is 10.6 Å². The molecule has 1 aliphatic carbocycles. The van der Waals surface area contributed by atoms with E-state index in [2.05, 4.69) is 15.6 Å². The van der Waals surface area contributed by atoms with Crippen molar-refractivity contribution < 1.29 is 9.53 Å². The van der Waals surface area contributed by atoms with Gasteiger partial charge in [-0.05, 0) is 26.2 Å². The second kappa shape index (κ2) is 7.89. The maximum absolute atomic E-state index is 11.3. The van der Waals surface area contributed by atoms with Gasteiger partial charge in [-0.15, -0.1) is 0 Å². The third-order valence-corrected chi connectivity index (χ3v) is 2.31. The topological polar surface area (TPSA) is 88.7 Å².